The Morgan fingerprint density at radius 3 is 2.77 bits per heavy atom. The Morgan fingerprint density at radius 1 is 1.17 bits per heavy atom. The SMILES string of the molecule is O=S(=O)(c1cccc(-c2csc(NN=Cc3ccccc3F)n2)c1)N1CCOCC1. The molecule has 2 heterocycles. The number of benzene rings is 2. The molecule has 30 heavy (non-hydrogen) atoms. The van der Waals surface area contributed by atoms with Gasteiger partial charge in [-0.1, -0.05) is 30.3 Å². The second-order valence-corrected chi connectivity index (χ2v) is 9.27. The molecule has 7 nitrogen and oxygen atoms in total. The number of rotatable bonds is 6. The van der Waals surface area contributed by atoms with Gasteiger partial charge in [-0.25, -0.2) is 17.8 Å². The molecule has 1 fully saturated rings. The summed E-state index contributed by atoms with van der Waals surface area (Å²) in [5.74, 6) is -0.360. The van der Waals surface area contributed by atoms with Crippen LogP contribution in [-0.2, 0) is 14.8 Å². The largest absolute Gasteiger partial charge is 0.379 e. The van der Waals surface area contributed by atoms with E-state index in [-0.39, 0.29) is 10.7 Å². The van der Waals surface area contributed by atoms with E-state index < -0.39 is 10.0 Å². The molecular formula is C20H19FN4O3S2. The Hall–Kier alpha value is -2.66. The fraction of sp³-hybridized carbons (Fsp3) is 0.200. The molecule has 0 saturated carbocycles. The summed E-state index contributed by atoms with van der Waals surface area (Å²) in [5, 5.41) is 6.34. The molecule has 1 aliphatic heterocycles. The van der Waals surface area contributed by atoms with Gasteiger partial charge in [-0.3, -0.25) is 5.43 Å². The number of hydrazone groups is 1. The van der Waals surface area contributed by atoms with E-state index in [1.165, 1.54) is 27.9 Å². The number of hydrogen-bond acceptors (Lipinski definition) is 7. The van der Waals surface area contributed by atoms with Crippen LogP contribution in [0.5, 0.6) is 0 Å². The van der Waals surface area contributed by atoms with Crippen molar-refractivity contribution < 1.29 is 17.5 Å². The number of nitrogens with one attached hydrogen (secondary N) is 1. The van der Waals surface area contributed by atoms with Crippen molar-refractivity contribution in [3.63, 3.8) is 0 Å². The molecule has 0 bridgehead atoms. The van der Waals surface area contributed by atoms with Gasteiger partial charge < -0.3 is 4.74 Å². The lowest BCUT2D eigenvalue weighted by molar-refractivity contribution is 0.0730. The zero-order chi connectivity index (χ0) is 21.0. The monoisotopic (exact) mass is 446 g/mol. The molecule has 10 heteroatoms. The van der Waals surface area contributed by atoms with Crippen molar-refractivity contribution in [2.24, 2.45) is 5.10 Å². The summed E-state index contributed by atoms with van der Waals surface area (Å²) in [4.78, 5) is 4.67. The first-order valence-corrected chi connectivity index (χ1v) is 11.5. The van der Waals surface area contributed by atoms with Gasteiger partial charge in [0.25, 0.3) is 0 Å². The molecule has 3 aromatic rings. The molecule has 0 atom stereocenters. The molecule has 156 valence electrons. The van der Waals surface area contributed by atoms with E-state index in [1.54, 1.807) is 47.8 Å². The molecular weight excluding hydrogens is 427 g/mol. The van der Waals surface area contributed by atoms with Crippen LogP contribution in [0.2, 0.25) is 0 Å². The number of ether oxygens (including phenoxy) is 1. The fourth-order valence-corrected chi connectivity index (χ4v) is 5.07. The minimum absolute atomic E-state index is 0.224. The molecule has 0 aliphatic carbocycles. The topological polar surface area (TPSA) is 83.9 Å². The summed E-state index contributed by atoms with van der Waals surface area (Å²) < 4.78 is 46.0. The predicted molar refractivity (Wildman–Crippen MR) is 115 cm³/mol. The quantitative estimate of drug-likeness (QED) is 0.463. The molecule has 0 spiro atoms. The highest BCUT2D eigenvalue weighted by molar-refractivity contribution is 7.89. The standard InChI is InChI=1S/C20H19FN4O3S2/c21-18-7-2-1-4-16(18)13-22-24-20-23-19(14-29-20)15-5-3-6-17(12-15)30(26,27)25-8-10-28-11-9-25/h1-7,12-14H,8-11H2,(H,23,24). The summed E-state index contributed by atoms with van der Waals surface area (Å²) >= 11 is 1.32. The number of nitrogens with zero attached hydrogens (tertiary/aromatic N) is 3. The molecule has 1 aromatic heterocycles. The van der Waals surface area contributed by atoms with Gasteiger partial charge in [0, 0.05) is 29.6 Å². The predicted octanol–water partition coefficient (Wildman–Crippen LogP) is 3.42. The number of halogens is 1. The van der Waals surface area contributed by atoms with E-state index in [9.17, 15) is 12.8 Å². The molecule has 1 saturated heterocycles. The first-order valence-electron chi connectivity index (χ1n) is 9.21. The summed E-state index contributed by atoms with van der Waals surface area (Å²) in [6.45, 7) is 1.48. The third-order valence-electron chi connectivity index (χ3n) is 4.51. The third kappa shape index (κ3) is 4.57. The van der Waals surface area contributed by atoms with Crippen LogP contribution in [-0.4, -0.2) is 50.2 Å². The number of sulfonamides is 1. The van der Waals surface area contributed by atoms with Crippen LogP contribution in [0.1, 0.15) is 5.56 Å². The Morgan fingerprint density at radius 2 is 1.97 bits per heavy atom. The Labute approximate surface area is 177 Å². The van der Waals surface area contributed by atoms with Crippen LogP contribution in [0.25, 0.3) is 11.3 Å². The lowest BCUT2D eigenvalue weighted by Gasteiger charge is -2.26. The third-order valence-corrected chi connectivity index (χ3v) is 7.15. The van der Waals surface area contributed by atoms with E-state index >= 15 is 0 Å². The Balaban J connectivity index is 1.50. The Kier molecular flexibility index (Phi) is 6.18. The molecule has 0 amide bonds. The normalized spacial score (nSPS) is 15.5. The number of aromatic nitrogens is 1. The smallest absolute Gasteiger partial charge is 0.243 e. The van der Waals surface area contributed by atoms with E-state index in [1.807, 2.05) is 0 Å². The highest BCUT2D eigenvalue weighted by Gasteiger charge is 2.26. The van der Waals surface area contributed by atoms with Crippen LogP contribution in [0, 0.1) is 5.82 Å². The minimum atomic E-state index is -3.58. The van der Waals surface area contributed by atoms with Gasteiger partial charge in [0.05, 0.1) is 30.0 Å². The number of anilines is 1. The lowest BCUT2D eigenvalue weighted by Crippen LogP contribution is -2.40. The van der Waals surface area contributed by atoms with Crippen LogP contribution in [0.15, 0.2) is 63.9 Å². The Bertz CT molecular complexity index is 1160. The maximum absolute atomic E-state index is 13.6. The van der Waals surface area contributed by atoms with E-state index in [0.29, 0.717) is 48.3 Å². The van der Waals surface area contributed by atoms with Gasteiger partial charge in [0.1, 0.15) is 5.82 Å². The molecule has 1 aliphatic rings. The zero-order valence-corrected chi connectivity index (χ0v) is 17.5. The van der Waals surface area contributed by atoms with Crippen molar-refractivity contribution in [3.05, 3.63) is 65.3 Å². The minimum Gasteiger partial charge on any atom is -0.379 e. The van der Waals surface area contributed by atoms with Crippen LogP contribution in [0.4, 0.5) is 9.52 Å². The summed E-state index contributed by atoms with van der Waals surface area (Å²) in [5.41, 5.74) is 4.45. The second kappa shape index (κ2) is 9.00. The van der Waals surface area contributed by atoms with Gasteiger partial charge in [-0.05, 0) is 18.2 Å². The summed E-state index contributed by atoms with van der Waals surface area (Å²) in [6.07, 6.45) is 1.38. The zero-order valence-electron chi connectivity index (χ0n) is 15.9. The fourth-order valence-electron chi connectivity index (χ4n) is 2.95. The molecule has 0 radical (unpaired) electrons. The first kappa shape index (κ1) is 20.6. The first-order chi connectivity index (χ1) is 14.5. The van der Waals surface area contributed by atoms with Gasteiger partial charge in [-0.15, -0.1) is 11.3 Å². The lowest BCUT2D eigenvalue weighted by atomic mass is 10.2. The van der Waals surface area contributed by atoms with Crippen molar-refractivity contribution in [2.45, 2.75) is 4.90 Å². The van der Waals surface area contributed by atoms with Gasteiger partial charge in [0.15, 0.2) is 0 Å². The van der Waals surface area contributed by atoms with E-state index in [2.05, 4.69) is 15.5 Å². The highest BCUT2D eigenvalue weighted by atomic mass is 32.2. The highest BCUT2D eigenvalue weighted by Crippen LogP contribution is 2.28. The average Bonchev–Trinajstić information content (AvgIpc) is 3.25. The van der Waals surface area contributed by atoms with Crippen molar-refractivity contribution >= 4 is 32.7 Å². The molecule has 0 unspecified atom stereocenters. The van der Waals surface area contributed by atoms with E-state index in [4.69, 9.17) is 4.74 Å². The maximum Gasteiger partial charge on any atom is 0.243 e. The second-order valence-electron chi connectivity index (χ2n) is 6.47. The maximum atomic E-state index is 13.6. The van der Waals surface area contributed by atoms with E-state index in [0.717, 1.165) is 0 Å². The van der Waals surface area contributed by atoms with Crippen molar-refractivity contribution in [3.8, 4) is 11.3 Å². The molecule has 2 aromatic carbocycles. The van der Waals surface area contributed by atoms with Crippen molar-refractivity contribution in [2.75, 3.05) is 31.7 Å². The van der Waals surface area contributed by atoms with Crippen LogP contribution < -0.4 is 5.43 Å². The van der Waals surface area contributed by atoms with Gasteiger partial charge >= 0.3 is 0 Å². The van der Waals surface area contributed by atoms with Crippen molar-refractivity contribution in [1.29, 1.82) is 0 Å². The van der Waals surface area contributed by atoms with Crippen LogP contribution >= 0.6 is 11.3 Å². The number of hydrogen-bond donors (Lipinski definition) is 1. The van der Waals surface area contributed by atoms with Gasteiger partial charge in [0.2, 0.25) is 15.2 Å². The number of morpholine rings is 1. The summed E-state index contributed by atoms with van der Waals surface area (Å²) in [7, 11) is -3.58. The van der Waals surface area contributed by atoms with Gasteiger partial charge in [-0.2, -0.15) is 9.41 Å². The molecule has 1 N–H and O–H groups in total. The average molecular weight is 447 g/mol. The number of thiazole rings is 1. The van der Waals surface area contributed by atoms with Crippen molar-refractivity contribution in [1.82, 2.24) is 9.29 Å². The van der Waals surface area contributed by atoms with Crippen LogP contribution in [0.3, 0.4) is 0 Å². The molecule has 4 rings (SSSR count). The summed E-state index contributed by atoms with van der Waals surface area (Å²) in [6, 6.07) is 13.0.